The van der Waals surface area contributed by atoms with Crippen LogP contribution in [0.1, 0.15) is 29.5 Å². The van der Waals surface area contributed by atoms with Crippen LogP contribution in [0, 0.1) is 20.8 Å². The van der Waals surface area contributed by atoms with Crippen molar-refractivity contribution in [1.82, 2.24) is 10.2 Å². The summed E-state index contributed by atoms with van der Waals surface area (Å²) in [7, 11) is 0. The molecular weight excluding hydrogens is 388 g/mol. The molecule has 1 aliphatic heterocycles. The van der Waals surface area contributed by atoms with Crippen LogP contribution in [0.4, 0.5) is 11.5 Å². The van der Waals surface area contributed by atoms with Crippen molar-refractivity contribution in [3.05, 3.63) is 65.2 Å². The van der Waals surface area contributed by atoms with Gasteiger partial charge in [0.25, 0.3) is 5.91 Å². The summed E-state index contributed by atoms with van der Waals surface area (Å²) in [5, 5.41) is 11.6. The van der Waals surface area contributed by atoms with Crippen LogP contribution >= 0.6 is 0 Å². The SMILES string of the molecule is Cc1cc(C)c(OCC(=O)Nc2ccc(-c3ccc(N4CCCC4)nn3)cc2)c(C)c1. The van der Waals surface area contributed by atoms with E-state index in [2.05, 4.69) is 32.5 Å². The molecule has 2 aromatic carbocycles. The second kappa shape index (κ2) is 9.16. The van der Waals surface area contributed by atoms with Crippen LogP contribution in [-0.4, -0.2) is 35.8 Å². The Balaban J connectivity index is 1.34. The summed E-state index contributed by atoms with van der Waals surface area (Å²) in [5.41, 5.74) is 5.74. The third-order valence-corrected chi connectivity index (χ3v) is 5.50. The van der Waals surface area contributed by atoms with Crippen LogP contribution < -0.4 is 15.0 Å². The van der Waals surface area contributed by atoms with E-state index in [1.54, 1.807) is 0 Å². The third kappa shape index (κ3) is 5.02. The smallest absolute Gasteiger partial charge is 0.262 e. The van der Waals surface area contributed by atoms with Crippen molar-refractivity contribution >= 4 is 17.4 Å². The lowest BCUT2D eigenvalue weighted by Gasteiger charge is -2.15. The Labute approximate surface area is 183 Å². The lowest BCUT2D eigenvalue weighted by molar-refractivity contribution is -0.118. The average Bonchev–Trinajstić information content (AvgIpc) is 3.29. The lowest BCUT2D eigenvalue weighted by Crippen LogP contribution is -2.20. The van der Waals surface area contributed by atoms with Crippen LogP contribution in [-0.2, 0) is 4.79 Å². The molecular formula is C25H28N4O2. The largest absolute Gasteiger partial charge is 0.483 e. The van der Waals surface area contributed by atoms with Gasteiger partial charge in [0.05, 0.1) is 5.69 Å². The number of aryl methyl sites for hydroxylation is 3. The zero-order chi connectivity index (χ0) is 21.8. The summed E-state index contributed by atoms with van der Waals surface area (Å²) in [6, 6.07) is 15.7. The maximum Gasteiger partial charge on any atom is 0.262 e. The first-order chi connectivity index (χ1) is 15.0. The van der Waals surface area contributed by atoms with Crippen LogP contribution in [0.15, 0.2) is 48.5 Å². The van der Waals surface area contributed by atoms with Gasteiger partial charge in [-0.15, -0.1) is 10.2 Å². The Morgan fingerprint density at radius 3 is 2.26 bits per heavy atom. The van der Waals surface area contributed by atoms with E-state index in [9.17, 15) is 4.79 Å². The van der Waals surface area contributed by atoms with Gasteiger partial charge >= 0.3 is 0 Å². The number of benzene rings is 2. The molecule has 4 rings (SSSR count). The molecule has 0 unspecified atom stereocenters. The number of ether oxygens (including phenoxy) is 1. The van der Waals surface area contributed by atoms with Gasteiger partial charge in [-0.05, 0) is 69.0 Å². The van der Waals surface area contributed by atoms with Gasteiger partial charge in [0.2, 0.25) is 0 Å². The van der Waals surface area contributed by atoms with Gasteiger partial charge in [-0.2, -0.15) is 0 Å². The predicted molar refractivity (Wildman–Crippen MR) is 124 cm³/mol. The van der Waals surface area contributed by atoms with Crippen molar-refractivity contribution in [3.8, 4) is 17.0 Å². The van der Waals surface area contributed by atoms with E-state index in [0.29, 0.717) is 0 Å². The Morgan fingerprint density at radius 2 is 1.65 bits per heavy atom. The zero-order valence-corrected chi connectivity index (χ0v) is 18.3. The van der Waals surface area contributed by atoms with Gasteiger partial charge in [-0.25, -0.2) is 0 Å². The first kappa shape index (κ1) is 20.8. The quantitative estimate of drug-likeness (QED) is 0.632. The first-order valence-corrected chi connectivity index (χ1v) is 10.7. The molecule has 1 saturated heterocycles. The molecule has 3 aromatic rings. The number of carbonyl (C=O) groups excluding carboxylic acids is 1. The summed E-state index contributed by atoms with van der Waals surface area (Å²) in [6.07, 6.45) is 2.43. The molecule has 0 radical (unpaired) electrons. The standard InChI is InChI=1S/C25H28N4O2/c1-17-14-18(2)25(19(3)15-17)31-16-24(30)26-21-8-6-20(7-9-21)22-10-11-23(28-27-22)29-12-4-5-13-29/h6-11,14-15H,4-5,12-13,16H2,1-3H3,(H,26,30). The van der Waals surface area contributed by atoms with Crippen molar-refractivity contribution in [2.75, 3.05) is 29.9 Å². The second-order valence-corrected chi connectivity index (χ2v) is 8.11. The predicted octanol–water partition coefficient (Wildman–Crippen LogP) is 4.69. The summed E-state index contributed by atoms with van der Waals surface area (Å²) < 4.78 is 5.77. The topological polar surface area (TPSA) is 67.3 Å². The monoisotopic (exact) mass is 416 g/mol. The molecule has 0 aliphatic carbocycles. The van der Waals surface area contributed by atoms with Crippen molar-refractivity contribution in [1.29, 1.82) is 0 Å². The van der Waals surface area contributed by atoms with Crippen LogP contribution in [0.3, 0.4) is 0 Å². The molecule has 1 N–H and O–H groups in total. The average molecular weight is 417 g/mol. The zero-order valence-electron chi connectivity index (χ0n) is 18.3. The fourth-order valence-electron chi connectivity index (χ4n) is 4.05. The molecule has 1 aromatic heterocycles. The molecule has 2 heterocycles. The highest BCUT2D eigenvalue weighted by atomic mass is 16.5. The number of hydrogen-bond acceptors (Lipinski definition) is 5. The summed E-state index contributed by atoms with van der Waals surface area (Å²) in [5.74, 6) is 1.51. The molecule has 0 bridgehead atoms. The molecule has 6 nitrogen and oxygen atoms in total. The van der Waals surface area contributed by atoms with Crippen molar-refractivity contribution < 1.29 is 9.53 Å². The second-order valence-electron chi connectivity index (χ2n) is 8.11. The maximum atomic E-state index is 12.3. The molecule has 1 aliphatic rings. The van der Waals surface area contributed by atoms with Crippen molar-refractivity contribution in [2.24, 2.45) is 0 Å². The van der Waals surface area contributed by atoms with E-state index in [4.69, 9.17) is 4.74 Å². The number of anilines is 2. The fourth-order valence-corrected chi connectivity index (χ4v) is 4.05. The molecule has 6 heteroatoms. The number of aromatic nitrogens is 2. The minimum Gasteiger partial charge on any atom is -0.483 e. The van der Waals surface area contributed by atoms with Gasteiger partial charge in [0.15, 0.2) is 12.4 Å². The summed E-state index contributed by atoms with van der Waals surface area (Å²) in [6.45, 7) is 8.10. The highest BCUT2D eigenvalue weighted by Gasteiger charge is 2.14. The Bertz CT molecular complexity index is 1030. The number of hydrogen-bond donors (Lipinski definition) is 1. The minimum atomic E-state index is -0.193. The Hall–Kier alpha value is -3.41. The van der Waals surface area contributed by atoms with Gasteiger partial charge in [-0.3, -0.25) is 4.79 Å². The summed E-state index contributed by atoms with van der Waals surface area (Å²) >= 11 is 0. The van der Waals surface area contributed by atoms with Crippen LogP contribution in [0.25, 0.3) is 11.3 Å². The Kier molecular flexibility index (Phi) is 6.16. The molecule has 0 spiro atoms. The molecule has 0 atom stereocenters. The van der Waals surface area contributed by atoms with Gasteiger partial charge in [0.1, 0.15) is 5.75 Å². The molecule has 1 amide bonds. The number of nitrogens with one attached hydrogen (secondary N) is 1. The van der Waals surface area contributed by atoms with Crippen LogP contribution in [0.5, 0.6) is 5.75 Å². The maximum absolute atomic E-state index is 12.3. The normalized spacial score (nSPS) is 13.3. The number of rotatable bonds is 6. The number of carbonyl (C=O) groups is 1. The molecule has 1 fully saturated rings. The van der Waals surface area contributed by atoms with Gasteiger partial charge in [0, 0.05) is 24.3 Å². The molecule has 160 valence electrons. The van der Waals surface area contributed by atoms with Gasteiger partial charge in [-0.1, -0.05) is 29.8 Å². The highest BCUT2D eigenvalue weighted by Crippen LogP contribution is 2.25. The minimum absolute atomic E-state index is 0.0318. The lowest BCUT2D eigenvalue weighted by atomic mass is 10.1. The summed E-state index contributed by atoms with van der Waals surface area (Å²) in [4.78, 5) is 14.6. The molecule has 0 saturated carbocycles. The van der Waals surface area contributed by atoms with E-state index < -0.39 is 0 Å². The molecule has 31 heavy (non-hydrogen) atoms. The first-order valence-electron chi connectivity index (χ1n) is 10.7. The van der Waals surface area contributed by atoms with E-state index >= 15 is 0 Å². The Morgan fingerprint density at radius 1 is 0.968 bits per heavy atom. The highest BCUT2D eigenvalue weighted by molar-refractivity contribution is 5.92. The van der Waals surface area contributed by atoms with Gasteiger partial charge < -0.3 is 15.0 Å². The van der Waals surface area contributed by atoms with E-state index in [-0.39, 0.29) is 12.5 Å². The van der Waals surface area contributed by atoms with E-state index in [1.165, 1.54) is 18.4 Å². The number of nitrogens with zero attached hydrogens (tertiary/aromatic N) is 3. The van der Waals surface area contributed by atoms with Crippen LogP contribution in [0.2, 0.25) is 0 Å². The fraction of sp³-hybridized carbons (Fsp3) is 0.320. The van der Waals surface area contributed by atoms with E-state index in [0.717, 1.165) is 52.7 Å². The van der Waals surface area contributed by atoms with Crippen molar-refractivity contribution in [2.45, 2.75) is 33.6 Å². The van der Waals surface area contributed by atoms with Crippen molar-refractivity contribution in [3.63, 3.8) is 0 Å². The number of amides is 1. The third-order valence-electron chi connectivity index (χ3n) is 5.50. The van der Waals surface area contributed by atoms with E-state index in [1.807, 2.05) is 57.2 Å².